The van der Waals surface area contributed by atoms with Crippen LogP contribution in [-0.2, 0) is 0 Å². The predicted molar refractivity (Wildman–Crippen MR) is 70.0 cm³/mol. The summed E-state index contributed by atoms with van der Waals surface area (Å²) in [4.78, 5) is 19.3. The number of carbonyl (C=O) groups is 1. The number of para-hydroxylation sites is 1. The van der Waals surface area contributed by atoms with E-state index in [1.807, 2.05) is 30.3 Å². The van der Waals surface area contributed by atoms with Gasteiger partial charge < -0.3 is 0 Å². The van der Waals surface area contributed by atoms with Gasteiger partial charge in [0.05, 0.1) is 17.4 Å². The molecule has 0 fully saturated rings. The van der Waals surface area contributed by atoms with E-state index < -0.39 is 0 Å². The summed E-state index contributed by atoms with van der Waals surface area (Å²) >= 11 is 0. The van der Waals surface area contributed by atoms with Crippen LogP contribution in [0.4, 0.5) is 0 Å². The Morgan fingerprint density at radius 1 is 1.11 bits per heavy atom. The van der Waals surface area contributed by atoms with Gasteiger partial charge in [-0.2, -0.15) is 5.10 Å². The van der Waals surface area contributed by atoms with Crippen LogP contribution < -0.4 is 0 Å². The molecule has 0 spiro atoms. The third-order valence-corrected chi connectivity index (χ3v) is 2.70. The van der Waals surface area contributed by atoms with Crippen LogP contribution >= 0.6 is 0 Å². The molecule has 1 aromatic carbocycles. The normalized spacial score (nSPS) is 10.3. The van der Waals surface area contributed by atoms with Crippen molar-refractivity contribution in [3.05, 3.63) is 60.7 Å². The standard InChI is InChI=1S/C14H10N4O/c19-10-11-9-18(12-4-2-1-3-5-12)17-14(11)13-8-15-6-7-16-13/h1-10H. The van der Waals surface area contributed by atoms with E-state index in [4.69, 9.17) is 0 Å². The molecule has 92 valence electrons. The number of benzene rings is 1. The van der Waals surface area contributed by atoms with Crippen molar-refractivity contribution in [1.82, 2.24) is 19.7 Å². The largest absolute Gasteiger partial charge is 0.298 e. The Kier molecular flexibility index (Phi) is 2.86. The maximum Gasteiger partial charge on any atom is 0.153 e. The van der Waals surface area contributed by atoms with Crippen molar-refractivity contribution in [3.8, 4) is 17.1 Å². The van der Waals surface area contributed by atoms with Crippen molar-refractivity contribution in [2.75, 3.05) is 0 Å². The summed E-state index contributed by atoms with van der Waals surface area (Å²) in [5, 5.41) is 4.40. The van der Waals surface area contributed by atoms with Gasteiger partial charge in [0.1, 0.15) is 11.4 Å². The Morgan fingerprint density at radius 2 is 1.95 bits per heavy atom. The second kappa shape index (κ2) is 4.81. The second-order valence-corrected chi connectivity index (χ2v) is 3.92. The lowest BCUT2D eigenvalue weighted by Gasteiger charge is -1.99. The van der Waals surface area contributed by atoms with E-state index in [0.717, 1.165) is 12.0 Å². The molecular formula is C14H10N4O. The number of hydrogen-bond donors (Lipinski definition) is 0. The number of nitrogens with zero attached hydrogens (tertiary/aromatic N) is 4. The van der Waals surface area contributed by atoms with E-state index in [1.165, 1.54) is 0 Å². The molecule has 0 bridgehead atoms. The zero-order valence-electron chi connectivity index (χ0n) is 9.97. The van der Waals surface area contributed by atoms with Crippen LogP contribution in [0.3, 0.4) is 0 Å². The van der Waals surface area contributed by atoms with Crippen molar-refractivity contribution < 1.29 is 4.79 Å². The van der Waals surface area contributed by atoms with Gasteiger partial charge in [-0.05, 0) is 12.1 Å². The molecule has 0 saturated heterocycles. The summed E-state index contributed by atoms with van der Waals surface area (Å²) < 4.78 is 1.66. The summed E-state index contributed by atoms with van der Waals surface area (Å²) in [5.41, 5.74) is 2.50. The van der Waals surface area contributed by atoms with E-state index in [9.17, 15) is 4.79 Å². The Bertz CT molecular complexity index is 692. The van der Waals surface area contributed by atoms with Crippen LogP contribution in [0.5, 0.6) is 0 Å². The zero-order chi connectivity index (χ0) is 13.1. The monoisotopic (exact) mass is 250 g/mol. The minimum absolute atomic E-state index is 0.490. The second-order valence-electron chi connectivity index (χ2n) is 3.92. The highest BCUT2D eigenvalue weighted by atomic mass is 16.1. The molecule has 2 heterocycles. The fraction of sp³-hybridized carbons (Fsp3) is 0. The summed E-state index contributed by atoms with van der Waals surface area (Å²) in [7, 11) is 0. The summed E-state index contributed by atoms with van der Waals surface area (Å²) in [5.74, 6) is 0. The van der Waals surface area contributed by atoms with Crippen LogP contribution in [0.15, 0.2) is 55.1 Å². The molecule has 0 N–H and O–H groups in total. The smallest absolute Gasteiger partial charge is 0.153 e. The van der Waals surface area contributed by atoms with E-state index in [2.05, 4.69) is 15.1 Å². The molecule has 3 rings (SSSR count). The average Bonchev–Trinajstić information content (AvgIpc) is 2.93. The molecule has 0 saturated carbocycles. The van der Waals surface area contributed by atoms with Gasteiger partial charge in [0, 0.05) is 18.6 Å². The topological polar surface area (TPSA) is 60.7 Å². The van der Waals surface area contributed by atoms with Crippen LogP contribution in [0.1, 0.15) is 10.4 Å². The molecule has 0 radical (unpaired) electrons. The Hall–Kier alpha value is -2.82. The average molecular weight is 250 g/mol. The minimum atomic E-state index is 0.490. The van der Waals surface area contributed by atoms with Crippen LogP contribution in [0, 0.1) is 0 Å². The first kappa shape index (κ1) is 11.3. The molecule has 3 aromatic rings. The molecule has 19 heavy (non-hydrogen) atoms. The highest BCUT2D eigenvalue weighted by molar-refractivity contribution is 5.84. The molecule has 5 heteroatoms. The van der Waals surface area contributed by atoms with Gasteiger partial charge >= 0.3 is 0 Å². The third kappa shape index (κ3) is 2.13. The first-order valence-corrected chi connectivity index (χ1v) is 5.75. The first-order valence-electron chi connectivity index (χ1n) is 5.75. The fourth-order valence-corrected chi connectivity index (χ4v) is 1.81. The number of carbonyl (C=O) groups excluding carboxylic acids is 1. The lowest BCUT2D eigenvalue weighted by atomic mass is 10.2. The molecule has 2 aromatic heterocycles. The fourth-order valence-electron chi connectivity index (χ4n) is 1.81. The first-order chi connectivity index (χ1) is 9.38. The van der Waals surface area contributed by atoms with Gasteiger partial charge in [-0.1, -0.05) is 18.2 Å². The maximum absolute atomic E-state index is 11.1. The minimum Gasteiger partial charge on any atom is -0.298 e. The summed E-state index contributed by atoms with van der Waals surface area (Å²) in [6.45, 7) is 0. The van der Waals surface area contributed by atoms with Crippen molar-refractivity contribution >= 4 is 6.29 Å². The number of aromatic nitrogens is 4. The molecule has 0 aliphatic carbocycles. The lowest BCUT2D eigenvalue weighted by Crippen LogP contribution is -1.94. The maximum atomic E-state index is 11.1. The molecule has 0 unspecified atom stereocenters. The Morgan fingerprint density at radius 3 is 2.63 bits per heavy atom. The summed E-state index contributed by atoms with van der Waals surface area (Å²) in [6, 6.07) is 9.60. The van der Waals surface area contributed by atoms with Gasteiger partial charge in [-0.15, -0.1) is 0 Å². The van der Waals surface area contributed by atoms with E-state index >= 15 is 0 Å². The SMILES string of the molecule is O=Cc1cn(-c2ccccc2)nc1-c1cnccn1. The molecule has 0 atom stereocenters. The van der Waals surface area contributed by atoms with E-state index in [0.29, 0.717) is 17.0 Å². The molecule has 0 amide bonds. The Labute approximate surface area is 109 Å². The summed E-state index contributed by atoms with van der Waals surface area (Å²) in [6.07, 6.45) is 7.21. The van der Waals surface area contributed by atoms with Crippen LogP contribution in [0.2, 0.25) is 0 Å². The highest BCUT2D eigenvalue weighted by Gasteiger charge is 2.12. The van der Waals surface area contributed by atoms with E-state index in [1.54, 1.807) is 29.5 Å². The van der Waals surface area contributed by atoms with Crippen LogP contribution in [0.25, 0.3) is 17.1 Å². The number of rotatable bonds is 3. The molecule has 0 aliphatic heterocycles. The lowest BCUT2D eigenvalue weighted by molar-refractivity contribution is 0.112. The third-order valence-electron chi connectivity index (χ3n) is 2.70. The molecular weight excluding hydrogens is 240 g/mol. The number of hydrogen-bond acceptors (Lipinski definition) is 4. The zero-order valence-corrected chi connectivity index (χ0v) is 9.97. The van der Waals surface area contributed by atoms with Crippen molar-refractivity contribution in [3.63, 3.8) is 0 Å². The van der Waals surface area contributed by atoms with E-state index in [-0.39, 0.29) is 0 Å². The van der Waals surface area contributed by atoms with Gasteiger partial charge in [0.2, 0.25) is 0 Å². The van der Waals surface area contributed by atoms with Crippen molar-refractivity contribution in [1.29, 1.82) is 0 Å². The van der Waals surface area contributed by atoms with Gasteiger partial charge in [-0.25, -0.2) is 4.68 Å². The quantitative estimate of drug-likeness (QED) is 0.668. The van der Waals surface area contributed by atoms with Crippen molar-refractivity contribution in [2.24, 2.45) is 0 Å². The van der Waals surface area contributed by atoms with Gasteiger partial charge in [0.25, 0.3) is 0 Å². The van der Waals surface area contributed by atoms with Crippen LogP contribution in [-0.4, -0.2) is 26.0 Å². The highest BCUT2D eigenvalue weighted by Crippen LogP contribution is 2.19. The van der Waals surface area contributed by atoms with Crippen molar-refractivity contribution in [2.45, 2.75) is 0 Å². The molecule has 5 nitrogen and oxygen atoms in total. The number of aldehydes is 1. The predicted octanol–water partition coefficient (Wildman–Crippen LogP) is 2.14. The molecule has 0 aliphatic rings. The van der Waals surface area contributed by atoms with Gasteiger partial charge in [-0.3, -0.25) is 14.8 Å². The Balaban J connectivity index is 2.12. The van der Waals surface area contributed by atoms with Gasteiger partial charge in [0.15, 0.2) is 6.29 Å².